The maximum absolute atomic E-state index is 12.2. The number of hydrogen-bond donors (Lipinski definition) is 1. The molecule has 5 heteroatoms. The zero-order chi connectivity index (χ0) is 16.8. The maximum Gasteiger partial charge on any atom is 0.238 e. The van der Waals surface area contributed by atoms with Crippen molar-refractivity contribution in [2.24, 2.45) is 0 Å². The summed E-state index contributed by atoms with van der Waals surface area (Å²) in [5, 5.41) is 2.79. The second-order valence-corrected chi connectivity index (χ2v) is 5.87. The Balaban J connectivity index is 1.65. The number of amides is 1. The fourth-order valence-electron chi connectivity index (χ4n) is 3.05. The molecular formula is C19H20N4O. The zero-order valence-electron chi connectivity index (χ0n) is 13.5. The Morgan fingerprint density at radius 3 is 2.71 bits per heavy atom. The Bertz CT molecular complexity index is 721. The van der Waals surface area contributed by atoms with E-state index in [1.807, 2.05) is 0 Å². The number of carbonyl (C=O) groups is 1. The van der Waals surface area contributed by atoms with E-state index < -0.39 is 0 Å². The minimum absolute atomic E-state index is 0.0310. The van der Waals surface area contributed by atoms with Crippen LogP contribution in [0.25, 0.3) is 11.1 Å². The predicted molar refractivity (Wildman–Crippen MR) is 92.7 cm³/mol. The summed E-state index contributed by atoms with van der Waals surface area (Å²) in [7, 11) is 0. The normalized spacial score (nSPS) is 17.4. The van der Waals surface area contributed by atoms with Crippen LogP contribution in [0.3, 0.4) is 0 Å². The quantitative estimate of drug-likeness (QED) is 0.854. The third-order valence-corrected chi connectivity index (χ3v) is 4.26. The molecule has 1 aliphatic heterocycles. The van der Waals surface area contributed by atoms with Crippen LogP contribution in [-0.2, 0) is 11.3 Å². The van der Waals surface area contributed by atoms with E-state index in [0.29, 0.717) is 0 Å². The summed E-state index contributed by atoms with van der Waals surface area (Å²) in [5.41, 5.74) is 3.27. The first-order valence-electron chi connectivity index (χ1n) is 8.07. The van der Waals surface area contributed by atoms with Crippen molar-refractivity contribution in [1.29, 1.82) is 0 Å². The molecule has 1 unspecified atom stereocenters. The Labute approximate surface area is 142 Å². The molecule has 1 aromatic carbocycles. The van der Waals surface area contributed by atoms with Crippen LogP contribution in [0, 0.1) is 12.3 Å². The Hall–Kier alpha value is -2.71. The van der Waals surface area contributed by atoms with Crippen molar-refractivity contribution >= 4 is 5.91 Å². The number of nitrogens with one attached hydrogen (secondary N) is 1. The van der Waals surface area contributed by atoms with E-state index >= 15 is 0 Å². The molecule has 1 aliphatic rings. The SMILES string of the molecule is C#CCNC(=O)C1CCCN1Cc1ccc(-c2cncnc2)cc1. The lowest BCUT2D eigenvalue weighted by Gasteiger charge is -2.23. The molecule has 122 valence electrons. The lowest BCUT2D eigenvalue weighted by molar-refractivity contribution is -0.125. The monoisotopic (exact) mass is 320 g/mol. The summed E-state index contributed by atoms with van der Waals surface area (Å²) in [6.45, 7) is 1.99. The van der Waals surface area contributed by atoms with Gasteiger partial charge in [-0.1, -0.05) is 30.2 Å². The topological polar surface area (TPSA) is 58.1 Å². The molecule has 0 saturated carbocycles. The van der Waals surface area contributed by atoms with E-state index in [9.17, 15) is 4.79 Å². The molecule has 1 fully saturated rings. The van der Waals surface area contributed by atoms with Crippen molar-refractivity contribution in [3.8, 4) is 23.5 Å². The van der Waals surface area contributed by atoms with Crippen molar-refractivity contribution in [2.45, 2.75) is 25.4 Å². The standard InChI is InChI=1S/C19H20N4O/c1-2-9-22-19(24)18-4-3-10-23(18)13-15-5-7-16(8-6-15)17-11-20-14-21-12-17/h1,5-8,11-12,14,18H,3-4,9-10,13H2,(H,22,24). The highest BCUT2D eigenvalue weighted by Gasteiger charge is 2.30. The average molecular weight is 320 g/mol. The van der Waals surface area contributed by atoms with Gasteiger partial charge in [-0.2, -0.15) is 0 Å². The summed E-state index contributed by atoms with van der Waals surface area (Å²) in [6, 6.07) is 8.24. The van der Waals surface area contributed by atoms with Gasteiger partial charge in [-0.15, -0.1) is 6.42 Å². The predicted octanol–water partition coefficient (Wildman–Crippen LogP) is 1.86. The van der Waals surface area contributed by atoms with Gasteiger partial charge in [0.05, 0.1) is 12.6 Å². The molecular weight excluding hydrogens is 300 g/mol. The average Bonchev–Trinajstić information content (AvgIpc) is 3.09. The summed E-state index contributed by atoms with van der Waals surface area (Å²) >= 11 is 0. The van der Waals surface area contributed by atoms with Crippen LogP contribution in [0.2, 0.25) is 0 Å². The van der Waals surface area contributed by atoms with E-state index in [1.165, 1.54) is 11.9 Å². The number of terminal acetylenes is 1. The fourth-order valence-corrected chi connectivity index (χ4v) is 3.05. The van der Waals surface area contributed by atoms with Crippen molar-refractivity contribution in [2.75, 3.05) is 13.1 Å². The zero-order valence-corrected chi connectivity index (χ0v) is 13.5. The van der Waals surface area contributed by atoms with E-state index in [2.05, 4.69) is 50.4 Å². The summed E-state index contributed by atoms with van der Waals surface area (Å²) in [4.78, 5) is 22.5. The van der Waals surface area contributed by atoms with Crippen LogP contribution in [-0.4, -0.2) is 39.9 Å². The van der Waals surface area contributed by atoms with Crippen LogP contribution >= 0.6 is 0 Å². The van der Waals surface area contributed by atoms with Gasteiger partial charge in [0.15, 0.2) is 0 Å². The van der Waals surface area contributed by atoms with Crippen LogP contribution in [0.15, 0.2) is 43.0 Å². The lowest BCUT2D eigenvalue weighted by atomic mass is 10.1. The summed E-state index contributed by atoms with van der Waals surface area (Å²) in [5.74, 6) is 2.48. The number of carbonyl (C=O) groups excluding carboxylic acids is 1. The Morgan fingerprint density at radius 2 is 2.00 bits per heavy atom. The number of rotatable bonds is 5. The number of likely N-dealkylation sites (tertiary alicyclic amines) is 1. The van der Waals surface area contributed by atoms with Crippen LogP contribution in [0.1, 0.15) is 18.4 Å². The highest BCUT2D eigenvalue weighted by atomic mass is 16.2. The first kappa shape index (κ1) is 16.2. The van der Waals surface area contributed by atoms with Gasteiger partial charge in [-0.05, 0) is 30.5 Å². The van der Waals surface area contributed by atoms with Crippen LogP contribution in [0.4, 0.5) is 0 Å². The number of benzene rings is 1. The Morgan fingerprint density at radius 1 is 1.25 bits per heavy atom. The molecule has 5 nitrogen and oxygen atoms in total. The first-order chi connectivity index (χ1) is 11.8. The van der Waals surface area contributed by atoms with Crippen molar-refractivity contribution in [3.05, 3.63) is 48.5 Å². The van der Waals surface area contributed by atoms with Gasteiger partial charge in [-0.25, -0.2) is 9.97 Å². The van der Waals surface area contributed by atoms with Crippen molar-refractivity contribution < 1.29 is 4.79 Å². The molecule has 24 heavy (non-hydrogen) atoms. The van der Waals surface area contributed by atoms with E-state index in [-0.39, 0.29) is 18.5 Å². The Kier molecular flexibility index (Phi) is 5.19. The highest BCUT2D eigenvalue weighted by molar-refractivity contribution is 5.82. The van der Waals surface area contributed by atoms with Crippen molar-refractivity contribution in [1.82, 2.24) is 20.2 Å². The fraction of sp³-hybridized carbons (Fsp3) is 0.316. The molecule has 0 spiro atoms. The summed E-state index contributed by atoms with van der Waals surface area (Å²) in [6.07, 6.45) is 12.3. The molecule has 3 rings (SSSR count). The number of nitrogens with zero attached hydrogens (tertiary/aromatic N) is 3. The van der Waals surface area contributed by atoms with Gasteiger partial charge >= 0.3 is 0 Å². The van der Waals surface area contributed by atoms with Gasteiger partial charge in [-0.3, -0.25) is 9.69 Å². The molecule has 0 aliphatic carbocycles. The van der Waals surface area contributed by atoms with Gasteiger partial charge in [0.25, 0.3) is 0 Å². The highest BCUT2D eigenvalue weighted by Crippen LogP contribution is 2.22. The first-order valence-corrected chi connectivity index (χ1v) is 8.07. The van der Waals surface area contributed by atoms with E-state index in [0.717, 1.165) is 37.1 Å². The number of hydrogen-bond acceptors (Lipinski definition) is 4. The number of aromatic nitrogens is 2. The van der Waals surface area contributed by atoms with Crippen LogP contribution in [0.5, 0.6) is 0 Å². The smallest absolute Gasteiger partial charge is 0.238 e. The second-order valence-electron chi connectivity index (χ2n) is 5.87. The molecule has 2 aromatic rings. The second kappa shape index (κ2) is 7.71. The van der Waals surface area contributed by atoms with Gasteiger partial charge < -0.3 is 5.32 Å². The molecule has 1 N–H and O–H groups in total. The molecule has 1 atom stereocenters. The minimum atomic E-state index is -0.0828. The molecule has 0 radical (unpaired) electrons. The third-order valence-electron chi connectivity index (χ3n) is 4.26. The van der Waals surface area contributed by atoms with E-state index in [4.69, 9.17) is 6.42 Å². The van der Waals surface area contributed by atoms with E-state index in [1.54, 1.807) is 12.4 Å². The molecule has 1 saturated heterocycles. The van der Waals surface area contributed by atoms with Gasteiger partial charge in [0.1, 0.15) is 6.33 Å². The third kappa shape index (κ3) is 3.79. The largest absolute Gasteiger partial charge is 0.344 e. The van der Waals surface area contributed by atoms with Crippen LogP contribution < -0.4 is 5.32 Å². The molecule has 0 bridgehead atoms. The molecule has 1 aromatic heterocycles. The lowest BCUT2D eigenvalue weighted by Crippen LogP contribution is -2.42. The molecule has 2 heterocycles. The molecule has 1 amide bonds. The van der Waals surface area contributed by atoms with Crippen molar-refractivity contribution in [3.63, 3.8) is 0 Å². The van der Waals surface area contributed by atoms with Gasteiger partial charge in [0, 0.05) is 24.5 Å². The van der Waals surface area contributed by atoms with Gasteiger partial charge in [0.2, 0.25) is 5.91 Å². The summed E-state index contributed by atoms with van der Waals surface area (Å²) < 4.78 is 0. The minimum Gasteiger partial charge on any atom is -0.344 e. The maximum atomic E-state index is 12.2.